The smallest absolute Gasteiger partial charge is 0.313 e. The number of rotatable bonds is 2. The maximum Gasteiger partial charge on any atom is 0.313 e. The van der Waals surface area contributed by atoms with Gasteiger partial charge in [0, 0.05) is 13.1 Å². The summed E-state index contributed by atoms with van der Waals surface area (Å²) in [5.74, 6) is -0.0569. The Bertz CT molecular complexity index is 233. The molecule has 0 bridgehead atoms. The van der Waals surface area contributed by atoms with E-state index in [4.69, 9.17) is 17.3 Å². The predicted octanol–water partition coefficient (Wildman–Crippen LogP) is 1.82. The molecule has 1 N–H and O–H groups in total. The minimum atomic E-state index is -0.803. The highest BCUT2D eigenvalue weighted by atomic mass is 32.2. The lowest BCUT2D eigenvalue weighted by Gasteiger charge is -2.32. The van der Waals surface area contributed by atoms with Crippen LogP contribution in [0.15, 0.2) is 0 Å². The van der Waals surface area contributed by atoms with Gasteiger partial charge in [-0.25, -0.2) is 0 Å². The Balaban J connectivity index is 2.32. The van der Waals surface area contributed by atoms with Crippen LogP contribution in [0.5, 0.6) is 0 Å². The molecule has 1 saturated heterocycles. The lowest BCUT2D eigenvalue weighted by molar-refractivity contribution is -0.133. The molecule has 5 heteroatoms. The maximum absolute atomic E-state index is 10.4. The molecule has 1 unspecified atom stereocenters. The van der Waals surface area contributed by atoms with Crippen LogP contribution in [0.25, 0.3) is 0 Å². The van der Waals surface area contributed by atoms with Crippen molar-refractivity contribution in [2.24, 2.45) is 5.92 Å². The van der Waals surface area contributed by atoms with Gasteiger partial charge in [-0.1, -0.05) is 30.9 Å². The Morgan fingerprint density at radius 3 is 3.00 bits per heavy atom. The Hall–Kier alpha value is -0.290. The van der Waals surface area contributed by atoms with E-state index in [1.165, 1.54) is 18.2 Å². The molecule has 0 aromatic carbocycles. The molecule has 0 radical (unpaired) electrons. The molecule has 1 atom stereocenters. The molecule has 0 saturated carbocycles. The molecular formula is C9H15NO2S2. The summed E-state index contributed by atoms with van der Waals surface area (Å²) in [4.78, 5) is 12.5. The van der Waals surface area contributed by atoms with E-state index < -0.39 is 5.97 Å². The van der Waals surface area contributed by atoms with Crippen LogP contribution in [-0.4, -0.2) is 39.1 Å². The molecule has 14 heavy (non-hydrogen) atoms. The summed E-state index contributed by atoms with van der Waals surface area (Å²) < 4.78 is 0.735. The number of thioether (sulfide) groups is 1. The van der Waals surface area contributed by atoms with Gasteiger partial charge < -0.3 is 10.0 Å². The van der Waals surface area contributed by atoms with Gasteiger partial charge in [-0.2, -0.15) is 0 Å². The van der Waals surface area contributed by atoms with Crippen molar-refractivity contribution >= 4 is 34.3 Å². The molecule has 1 aliphatic rings. The fourth-order valence-electron chi connectivity index (χ4n) is 1.57. The number of likely N-dealkylation sites (tertiary alicyclic amines) is 1. The largest absolute Gasteiger partial charge is 0.481 e. The summed E-state index contributed by atoms with van der Waals surface area (Å²) in [7, 11) is 0. The molecule has 1 aliphatic heterocycles. The molecule has 1 heterocycles. The second-order valence-electron chi connectivity index (χ2n) is 3.64. The van der Waals surface area contributed by atoms with Crippen LogP contribution in [0.1, 0.15) is 19.8 Å². The van der Waals surface area contributed by atoms with E-state index in [1.807, 2.05) is 0 Å². The first-order chi connectivity index (χ1) is 6.59. The second kappa shape index (κ2) is 5.56. The van der Waals surface area contributed by atoms with E-state index in [0.717, 1.165) is 23.8 Å². The monoisotopic (exact) mass is 233 g/mol. The third-order valence-electron chi connectivity index (χ3n) is 2.23. The average molecular weight is 233 g/mol. The Kier molecular flexibility index (Phi) is 4.68. The second-order valence-corrected chi connectivity index (χ2v) is 5.25. The molecule has 1 rings (SSSR count). The van der Waals surface area contributed by atoms with Gasteiger partial charge in [-0.05, 0) is 18.8 Å². The standard InChI is InChI=1S/C9H15NO2S2/c1-7-3-2-4-10(5-7)9(13)14-6-8(11)12/h7H,2-6H2,1H3,(H,11,12). The molecule has 0 amide bonds. The first-order valence-electron chi connectivity index (χ1n) is 4.73. The summed E-state index contributed by atoms with van der Waals surface area (Å²) >= 11 is 6.42. The van der Waals surface area contributed by atoms with Crippen LogP contribution in [0.3, 0.4) is 0 Å². The number of carbonyl (C=O) groups is 1. The third-order valence-corrected chi connectivity index (χ3v) is 3.74. The molecule has 3 nitrogen and oxygen atoms in total. The molecule has 0 aliphatic carbocycles. The van der Waals surface area contributed by atoms with Crippen molar-refractivity contribution < 1.29 is 9.90 Å². The van der Waals surface area contributed by atoms with Gasteiger partial charge in [0.15, 0.2) is 0 Å². The van der Waals surface area contributed by atoms with Crippen molar-refractivity contribution in [3.05, 3.63) is 0 Å². The normalized spacial score (nSPS) is 22.1. The van der Waals surface area contributed by atoms with Gasteiger partial charge in [0.25, 0.3) is 0 Å². The zero-order valence-corrected chi connectivity index (χ0v) is 9.87. The van der Waals surface area contributed by atoms with Crippen molar-refractivity contribution in [3.8, 4) is 0 Å². The number of hydrogen-bond acceptors (Lipinski definition) is 3. The summed E-state index contributed by atoms with van der Waals surface area (Å²) in [6.45, 7) is 4.16. The summed E-state index contributed by atoms with van der Waals surface area (Å²) in [6.07, 6.45) is 2.41. The maximum atomic E-state index is 10.4. The molecule has 0 aromatic rings. The van der Waals surface area contributed by atoms with E-state index in [9.17, 15) is 4.79 Å². The fraction of sp³-hybridized carbons (Fsp3) is 0.778. The first-order valence-corrected chi connectivity index (χ1v) is 6.12. The molecule has 0 aromatic heterocycles. The zero-order chi connectivity index (χ0) is 10.6. The van der Waals surface area contributed by atoms with E-state index in [2.05, 4.69) is 11.8 Å². The Morgan fingerprint density at radius 2 is 2.43 bits per heavy atom. The summed E-state index contributed by atoms with van der Waals surface area (Å²) in [5, 5.41) is 8.51. The van der Waals surface area contributed by atoms with Gasteiger partial charge in [0.2, 0.25) is 0 Å². The average Bonchev–Trinajstić information content (AvgIpc) is 2.14. The SMILES string of the molecule is CC1CCCN(C(=S)SCC(=O)O)C1. The van der Waals surface area contributed by atoms with E-state index in [0.29, 0.717) is 5.92 Å². The van der Waals surface area contributed by atoms with E-state index in [1.54, 1.807) is 0 Å². The van der Waals surface area contributed by atoms with Crippen molar-refractivity contribution in [3.63, 3.8) is 0 Å². The van der Waals surface area contributed by atoms with Crippen LogP contribution in [0, 0.1) is 5.92 Å². The predicted molar refractivity (Wildman–Crippen MR) is 62.7 cm³/mol. The van der Waals surface area contributed by atoms with Crippen molar-refractivity contribution in [2.45, 2.75) is 19.8 Å². The van der Waals surface area contributed by atoms with Crippen molar-refractivity contribution in [2.75, 3.05) is 18.8 Å². The fourth-order valence-corrected chi connectivity index (χ4v) is 2.51. The minimum absolute atomic E-state index is 0.0731. The quantitative estimate of drug-likeness (QED) is 0.737. The van der Waals surface area contributed by atoms with Crippen molar-refractivity contribution in [1.82, 2.24) is 4.90 Å². The van der Waals surface area contributed by atoms with Gasteiger partial charge in [0.1, 0.15) is 4.32 Å². The lowest BCUT2D eigenvalue weighted by Crippen LogP contribution is -2.37. The molecule has 1 fully saturated rings. The van der Waals surface area contributed by atoms with Crippen LogP contribution < -0.4 is 0 Å². The Labute approximate surface area is 93.9 Å². The molecular weight excluding hydrogens is 218 g/mol. The summed E-state index contributed by atoms with van der Waals surface area (Å²) in [5.41, 5.74) is 0. The van der Waals surface area contributed by atoms with Gasteiger partial charge in [0.05, 0.1) is 5.75 Å². The van der Waals surface area contributed by atoms with Gasteiger partial charge in [-0.15, -0.1) is 0 Å². The van der Waals surface area contributed by atoms with E-state index in [-0.39, 0.29) is 5.75 Å². The van der Waals surface area contributed by atoms with Gasteiger partial charge in [-0.3, -0.25) is 4.79 Å². The topological polar surface area (TPSA) is 40.5 Å². The highest BCUT2D eigenvalue weighted by molar-refractivity contribution is 8.23. The molecule has 80 valence electrons. The summed E-state index contributed by atoms with van der Waals surface area (Å²) in [6, 6.07) is 0. The number of carboxylic acids is 1. The Morgan fingerprint density at radius 1 is 1.71 bits per heavy atom. The lowest BCUT2D eigenvalue weighted by atomic mass is 10.0. The van der Waals surface area contributed by atoms with Crippen LogP contribution in [-0.2, 0) is 4.79 Å². The van der Waals surface area contributed by atoms with Crippen LogP contribution >= 0.6 is 24.0 Å². The minimum Gasteiger partial charge on any atom is -0.481 e. The first kappa shape index (κ1) is 11.8. The number of thiocarbonyl (C=S) groups is 1. The highest BCUT2D eigenvalue weighted by Gasteiger charge is 2.18. The highest BCUT2D eigenvalue weighted by Crippen LogP contribution is 2.19. The van der Waals surface area contributed by atoms with E-state index >= 15 is 0 Å². The van der Waals surface area contributed by atoms with Crippen LogP contribution in [0.2, 0.25) is 0 Å². The number of nitrogens with zero attached hydrogens (tertiary/aromatic N) is 1. The molecule has 0 spiro atoms. The third kappa shape index (κ3) is 3.84. The van der Waals surface area contributed by atoms with Crippen LogP contribution in [0.4, 0.5) is 0 Å². The van der Waals surface area contributed by atoms with Gasteiger partial charge >= 0.3 is 5.97 Å². The number of aliphatic carboxylic acids is 1. The number of hydrogen-bond donors (Lipinski definition) is 1. The van der Waals surface area contributed by atoms with Crippen molar-refractivity contribution in [1.29, 1.82) is 0 Å². The zero-order valence-electron chi connectivity index (χ0n) is 8.23. The number of piperidine rings is 1. The number of carboxylic acid groups (broad SMARTS) is 1.